The second-order valence-electron chi connectivity index (χ2n) is 8.80. The number of carbonyl (C=O) groups is 2. The number of ether oxygens (including phenoxy) is 3. The van der Waals surface area contributed by atoms with Crippen molar-refractivity contribution in [3.63, 3.8) is 0 Å². The van der Waals surface area contributed by atoms with Crippen LogP contribution in [0.1, 0.15) is 37.9 Å². The summed E-state index contributed by atoms with van der Waals surface area (Å²) in [7, 11) is 1.38. The molecule has 4 rings (SSSR count). The summed E-state index contributed by atoms with van der Waals surface area (Å²) in [5.74, 6) is -0.730. The molecule has 0 aliphatic carbocycles. The number of anilines is 1. The largest absolute Gasteiger partial charge is 0.507 e. The van der Waals surface area contributed by atoms with E-state index in [9.17, 15) is 14.7 Å². The van der Waals surface area contributed by atoms with E-state index in [1.807, 2.05) is 20.8 Å². The van der Waals surface area contributed by atoms with Gasteiger partial charge >= 0.3 is 0 Å². The predicted octanol–water partition coefficient (Wildman–Crippen LogP) is 6.81. The molecule has 1 aliphatic heterocycles. The first kappa shape index (κ1) is 27.4. The third-order valence-electron chi connectivity index (χ3n) is 5.91. The maximum Gasteiger partial charge on any atom is 0.300 e. The highest BCUT2D eigenvalue weighted by atomic mass is 35.5. The van der Waals surface area contributed by atoms with E-state index in [4.69, 9.17) is 37.4 Å². The van der Waals surface area contributed by atoms with Crippen LogP contribution in [-0.4, -0.2) is 36.6 Å². The van der Waals surface area contributed by atoms with Crippen LogP contribution in [-0.2, 0) is 9.59 Å². The number of carbonyl (C=O) groups excluding carboxylic acids is 2. The number of ketones is 1. The van der Waals surface area contributed by atoms with Gasteiger partial charge in [0.2, 0.25) is 0 Å². The number of amides is 1. The van der Waals surface area contributed by atoms with Gasteiger partial charge in [0.1, 0.15) is 23.0 Å². The number of hydrogen-bond donors (Lipinski definition) is 1. The van der Waals surface area contributed by atoms with Crippen LogP contribution >= 0.6 is 23.2 Å². The van der Waals surface area contributed by atoms with Gasteiger partial charge in [0, 0.05) is 10.7 Å². The molecule has 1 fully saturated rings. The maximum absolute atomic E-state index is 13.5. The molecule has 38 heavy (non-hydrogen) atoms. The molecule has 0 spiro atoms. The predicted molar refractivity (Wildman–Crippen MR) is 148 cm³/mol. The van der Waals surface area contributed by atoms with Gasteiger partial charge in [-0.3, -0.25) is 14.5 Å². The minimum absolute atomic E-state index is 0.0321. The number of benzene rings is 3. The smallest absolute Gasteiger partial charge is 0.300 e. The Morgan fingerprint density at radius 2 is 1.63 bits per heavy atom. The quantitative estimate of drug-likeness (QED) is 0.186. The Morgan fingerprint density at radius 1 is 1.00 bits per heavy atom. The van der Waals surface area contributed by atoms with Gasteiger partial charge in [-0.2, -0.15) is 0 Å². The fraction of sp³-hybridized carbons (Fsp3) is 0.241. The zero-order valence-corrected chi connectivity index (χ0v) is 22.8. The molecule has 1 atom stereocenters. The highest BCUT2D eigenvalue weighted by Gasteiger charge is 2.47. The van der Waals surface area contributed by atoms with Crippen molar-refractivity contribution in [1.29, 1.82) is 0 Å². The molecule has 3 aromatic rings. The Kier molecular flexibility index (Phi) is 8.19. The van der Waals surface area contributed by atoms with E-state index in [1.54, 1.807) is 48.5 Å². The lowest BCUT2D eigenvalue weighted by atomic mass is 9.94. The lowest BCUT2D eigenvalue weighted by Crippen LogP contribution is -2.29. The average molecular weight is 556 g/mol. The Bertz CT molecular complexity index is 1380. The SMILES string of the molecule is CCOc1ccc(N2C(=O)C(=O)/C(=C(/O)c3cc(Cl)cc(Cl)c3OC)C2c2ccc(OC(C)C)cc2)cc1. The summed E-state index contributed by atoms with van der Waals surface area (Å²) in [6, 6.07) is 15.8. The summed E-state index contributed by atoms with van der Waals surface area (Å²) in [5.41, 5.74) is 1.01. The number of hydrogen-bond acceptors (Lipinski definition) is 6. The monoisotopic (exact) mass is 555 g/mol. The molecule has 7 nitrogen and oxygen atoms in total. The molecule has 1 saturated heterocycles. The Balaban J connectivity index is 1.92. The fourth-order valence-corrected chi connectivity index (χ4v) is 4.94. The van der Waals surface area contributed by atoms with Crippen molar-refractivity contribution in [3.05, 3.63) is 87.4 Å². The van der Waals surface area contributed by atoms with E-state index in [0.717, 1.165) is 0 Å². The maximum atomic E-state index is 13.5. The number of aliphatic hydroxyl groups excluding tert-OH is 1. The van der Waals surface area contributed by atoms with Crippen molar-refractivity contribution >= 4 is 46.3 Å². The molecule has 0 bridgehead atoms. The zero-order chi connectivity index (χ0) is 27.6. The van der Waals surface area contributed by atoms with Gasteiger partial charge < -0.3 is 19.3 Å². The molecular formula is C29H27Cl2NO6. The van der Waals surface area contributed by atoms with E-state index in [0.29, 0.717) is 29.4 Å². The van der Waals surface area contributed by atoms with Gasteiger partial charge in [-0.15, -0.1) is 0 Å². The first-order chi connectivity index (χ1) is 18.2. The molecule has 9 heteroatoms. The fourth-order valence-electron chi connectivity index (χ4n) is 4.37. The third-order valence-corrected chi connectivity index (χ3v) is 6.40. The Morgan fingerprint density at radius 3 is 2.21 bits per heavy atom. The minimum Gasteiger partial charge on any atom is -0.507 e. The topological polar surface area (TPSA) is 85.3 Å². The molecule has 1 heterocycles. The lowest BCUT2D eigenvalue weighted by molar-refractivity contribution is -0.132. The second-order valence-corrected chi connectivity index (χ2v) is 9.64. The summed E-state index contributed by atoms with van der Waals surface area (Å²) in [6.07, 6.45) is -0.0321. The zero-order valence-electron chi connectivity index (χ0n) is 21.3. The number of Topliss-reactive ketones (excluding diaryl/α,β-unsaturated/α-hetero) is 1. The van der Waals surface area contributed by atoms with Crippen LogP contribution in [0.25, 0.3) is 5.76 Å². The van der Waals surface area contributed by atoms with E-state index < -0.39 is 23.5 Å². The van der Waals surface area contributed by atoms with Crippen LogP contribution in [0, 0.1) is 0 Å². The van der Waals surface area contributed by atoms with Crippen LogP contribution in [0.15, 0.2) is 66.2 Å². The minimum atomic E-state index is -0.955. The normalized spacial score (nSPS) is 16.7. The molecule has 1 amide bonds. The summed E-state index contributed by atoms with van der Waals surface area (Å²) in [5, 5.41) is 11.9. The van der Waals surface area contributed by atoms with E-state index >= 15 is 0 Å². The highest BCUT2D eigenvalue weighted by Crippen LogP contribution is 2.45. The van der Waals surface area contributed by atoms with Crippen LogP contribution in [0.2, 0.25) is 10.0 Å². The van der Waals surface area contributed by atoms with Gasteiger partial charge in [0.05, 0.1) is 42.0 Å². The summed E-state index contributed by atoms with van der Waals surface area (Å²) in [4.78, 5) is 28.3. The van der Waals surface area contributed by atoms with Crippen molar-refractivity contribution in [2.75, 3.05) is 18.6 Å². The van der Waals surface area contributed by atoms with Crippen LogP contribution in [0.5, 0.6) is 17.2 Å². The number of rotatable bonds is 8. The molecule has 0 radical (unpaired) electrons. The number of halogens is 2. The Labute approximate surface area is 231 Å². The first-order valence-electron chi connectivity index (χ1n) is 12.0. The molecular weight excluding hydrogens is 529 g/mol. The van der Waals surface area contributed by atoms with Crippen molar-refractivity contribution in [2.45, 2.75) is 32.9 Å². The highest BCUT2D eigenvalue weighted by molar-refractivity contribution is 6.52. The summed E-state index contributed by atoms with van der Waals surface area (Å²) >= 11 is 12.5. The van der Waals surface area contributed by atoms with Crippen LogP contribution < -0.4 is 19.1 Å². The van der Waals surface area contributed by atoms with Crippen molar-refractivity contribution in [1.82, 2.24) is 0 Å². The average Bonchev–Trinajstić information content (AvgIpc) is 3.14. The van der Waals surface area contributed by atoms with Crippen LogP contribution in [0.4, 0.5) is 5.69 Å². The van der Waals surface area contributed by atoms with E-state index in [-0.39, 0.29) is 33.0 Å². The third kappa shape index (κ3) is 5.30. The molecule has 3 aromatic carbocycles. The van der Waals surface area contributed by atoms with Gasteiger partial charge in [-0.25, -0.2) is 0 Å². The summed E-state index contributed by atoms with van der Waals surface area (Å²) < 4.78 is 16.7. The number of aliphatic hydroxyl groups is 1. The second kappa shape index (κ2) is 11.4. The Hall–Kier alpha value is -3.68. The molecule has 1 N–H and O–H groups in total. The summed E-state index contributed by atoms with van der Waals surface area (Å²) in [6.45, 7) is 6.19. The van der Waals surface area contributed by atoms with Gasteiger partial charge in [-0.1, -0.05) is 35.3 Å². The molecule has 0 aromatic heterocycles. The van der Waals surface area contributed by atoms with Crippen molar-refractivity contribution < 1.29 is 28.9 Å². The number of nitrogens with zero attached hydrogens (tertiary/aromatic N) is 1. The molecule has 1 unspecified atom stereocenters. The molecule has 0 saturated carbocycles. The molecule has 1 aliphatic rings. The van der Waals surface area contributed by atoms with Crippen molar-refractivity contribution in [2.24, 2.45) is 0 Å². The van der Waals surface area contributed by atoms with Gasteiger partial charge in [0.15, 0.2) is 0 Å². The lowest BCUT2D eigenvalue weighted by Gasteiger charge is -2.26. The van der Waals surface area contributed by atoms with Gasteiger partial charge in [0.25, 0.3) is 11.7 Å². The van der Waals surface area contributed by atoms with E-state index in [2.05, 4.69) is 0 Å². The van der Waals surface area contributed by atoms with E-state index in [1.165, 1.54) is 24.1 Å². The first-order valence-corrected chi connectivity index (χ1v) is 12.8. The van der Waals surface area contributed by atoms with Gasteiger partial charge in [-0.05, 0) is 74.9 Å². The molecule has 198 valence electrons. The van der Waals surface area contributed by atoms with Crippen LogP contribution in [0.3, 0.4) is 0 Å². The van der Waals surface area contributed by atoms with Crippen molar-refractivity contribution in [3.8, 4) is 17.2 Å². The number of methoxy groups -OCH3 is 1. The standard InChI is InChI=1S/C29H27Cl2NO6/c1-5-37-20-12-8-19(9-13-20)32-25(17-6-10-21(11-7-17)38-16(2)3)24(27(34)29(32)35)26(33)22-14-18(30)15-23(31)28(22)36-4/h6-16,25,33H,5H2,1-4H3/b26-24+.